The minimum absolute atomic E-state index is 0.463. The molecular weight excluding hydrogens is 327 g/mol. The fourth-order valence-corrected chi connectivity index (χ4v) is 1.68. The van der Waals surface area contributed by atoms with Gasteiger partial charge in [0, 0.05) is 0 Å². The molecule has 0 fully saturated rings. The van der Waals surface area contributed by atoms with Crippen LogP contribution in [-0.4, -0.2) is 21.1 Å². The smallest absolute Gasteiger partial charge is 0.216 e. The molecule has 0 aliphatic rings. The first-order valence-electron chi connectivity index (χ1n) is 4.10. The van der Waals surface area contributed by atoms with Crippen LogP contribution in [0, 0.1) is 15.5 Å². The second-order valence-corrected chi connectivity index (χ2v) is 4.22. The summed E-state index contributed by atoms with van der Waals surface area (Å²) >= 11 is 7.09. The van der Waals surface area contributed by atoms with Gasteiger partial charge in [-0.2, -0.15) is 14.9 Å². The molecule has 0 aromatic carbocycles. The molecule has 2 aromatic heterocycles. The van der Waals surface area contributed by atoms with Crippen LogP contribution in [0.3, 0.4) is 0 Å². The Morgan fingerprint density at radius 3 is 3.00 bits per heavy atom. The van der Waals surface area contributed by atoms with E-state index in [1.54, 1.807) is 6.21 Å². The molecule has 5 nitrogen and oxygen atoms in total. The van der Waals surface area contributed by atoms with Crippen LogP contribution in [0.2, 0.25) is 0 Å². The Bertz CT molecular complexity index is 553. The molecule has 0 aliphatic carbocycles. The average molecular weight is 334 g/mol. The minimum Gasteiger partial charge on any atom is -0.449 e. The van der Waals surface area contributed by atoms with Crippen molar-refractivity contribution >= 4 is 41.0 Å². The van der Waals surface area contributed by atoms with Crippen molar-refractivity contribution in [3.8, 4) is 0 Å². The van der Waals surface area contributed by atoms with Crippen molar-refractivity contribution in [2.24, 2.45) is 5.10 Å². The van der Waals surface area contributed by atoms with E-state index in [9.17, 15) is 0 Å². The van der Waals surface area contributed by atoms with Gasteiger partial charge >= 0.3 is 0 Å². The number of nitrogens with one attached hydrogen (secondary N) is 1. The van der Waals surface area contributed by atoms with Gasteiger partial charge in [-0.3, -0.25) is 5.10 Å². The second-order valence-electron chi connectivity index (χ2n) is 2.77. The predicted octanol–water partition coefficient (Wildman–Crippen LogP) is 2.33. The molecule has 0 bridgehead atoms. The molecule has 0 saturated heterocycles. The molecule has 2 heterocycles. The number of furan rings is 1. The number of aromatic amines is 1. The largest absolute Gasteiger partial charge is 0.449 e. The zero-order valence-electron chi connectivity index (χ0n) is 7.77. The van der Waals surface area contributed by atoms with Crippen LogP contribution in [0.5, 0.6) is 0 Å². The summed E-state index contributed by atoms with van der Waals surface area (Å²) in [5.41, 5.74) is 0. The van der Waals surface area contributed by atoms with Crippen molar-refractivity contribution in [1.82, 2.24) is 14.9 Å². The lowest BCUT2D eigenvalue weighted by molar-refractivity contribution is 0.531. The molecule has 78 valence electrons. The molecule has 1 N–H and O–H groups in total. The van der Waals surface area contributed by atoms with Crippen molar-refractivity contribution in [2.45, 2.75) is 6.92 Å². The fourth-order valence-electron chi connectivity index (χ4n) is 1.02. The van der Waals surface area contributed by atoms with Gasteiger partial charge in [-0.25, -0.2) is 0 Å². The molecule has 0 radical (unpaired) electrons. The van der Waals surface area contributed by atoms with Crippen LogP contribution >= 0.6 is 34.8 Å². The van der Waals surface area contributed by atoms with Gasteiger partial charge in [0.2, 0.25) is 4.77 Å². The summed E-state index contributed by atoms with van der Waals surface area (Å²) in [5.74, 6) is 1.39. The van der Waals surface area contributed by atoms with Gasteiger partial charge < -0.3 is 4.42 Å². The third kappa shape index (κ3) is 2.34. The van der Waals surface area contributed by atoms with E-state index in [1.807, 2.05) is 19.1 Å². The lowest BCUT2D eigenvalue weighted by Crippen LogP contribution is -1.92. The van der Waals surface area contributed by atoms with Gasteiger partial charge in [0.1, 0.15) is 11.6 Å². The highest BCUT2D eigenvalue weighted by atomic mass is 127. The van der Waals surface area contributed by atoms with Gasteiger partial charge in [-0.05, 0) is 53.9 Å². The van der Waals surface area contributed by atoms with Crippen LogP contribution in [0.4, 0.5) is 0 Å². The van der Waals surface area contributed by atoms with Crippen LogP contribution < -0.4 is 0 Å². The molecule has 2 aromatic rings. The SMILES string of the molecule is Cc1n[nH]c(=S)n1/N=C\c1ccc(I)o1. The molecule has 2 rings (SSSR count). The molecule has 0 unspecified atom stereocenters. The number of halogens is 1. The van der Waals surface area contributed by atoms with Crippen molar-refractivity contribution in [2.75, 3.05) is 0 Å². The molecule has 0 aliphatic heterocycles. The van der Waals surface area contributed by atoms with Crippen molar-refractivity contribution in [3.05, 3.63) is 32.3 Å². The lowest BCUT2D eigenvalue weighted by Gasteiger charge is -1.91. The third-order valence-corrected chi connectivity index (χ3v) is 2.55. The highest BCUT2D eigenvalue weighted by molar-refractivity contribution is 14.1. The summed E-state index contributed by atoms with van der Waals surface area (Å²) in [6, 6.07) is 3.70. The summed E-state index contributed by atoms with van der Waals surface area (Å²) in [7, 11) is 0. The maximum atomic E-state index is 5.32. The predicted molar refractivity (Wildman–Crippen MR) is 66.6 cm³/mol. The Morgan fingerprint density at radius 1 is 1.67 bits per heavy atom. The first-order chi connectivity index (χ1) is 7.16. The Hall–Kier alpha value is -0.960. The zero-order chi connectivity index (χ0) is 10.8. The monoisotopic (exact) mass is 334 g/mol. The minimum atomic E-state index is 0.463. The zero-order valence-corrected chi connectivity index (χ0v) is 10.7. The van der Waals surface area contributed by atoms with Gasteiger partial charge in [0.25, 0.3) is 0 Å². The maximum Gasteiger partial charge on any atom is 0.216 e. The number of hydrogen-bond acceptors (Lipinski definition) is 4. The first-order valence-corrected chi connectivity index (χ1v) is 5.59. The molecule has 0 spiro atoms. The number of rotatable bonds is 2. The summed E-state index contributed by atoms with van der Waals surface area (Å²) in [6.45, 7) is 1.82. The second kappa shape index (κ2) is 4.27. The number of nitrogens with zero attached hydrogens (tertiary/aromatic N) is 3. The van der Waals surface area contributed by atoms with E-state index in [0.717, 1.165) is 3.77 Å². The fraction of sp³-hybridized carbons (Fsp3) is 0.125. The molecule has 15 heavy (non-hydrogen) atoms. The summed E-state index contributed by atoms with van der Waals surface area (Å²) < 4.78 is 8.14. The highest BCUT2D eigenvalue weighted by Gasteiger charge is 1.98. The first kappa shape index (κ1) is 10.6. The van der Waals surface area contributed by atoms with E-state index in [-0.39, 0.29) is 0 Å². The Balaban J connectivity index is 2.29. The van der Waals surface area contributed by atoms with Crippen LogP contribution in [0.25, 0.3) is 0 Å². The van der Waals surface area contributed by atoms with E-state index < -0.39 is 0 Å². The van der Waals surface area contributed by atoms with Crippen molar-refractivity contribution in [3.63, 3.8) is 0 Å². The lowest BCUT2D eigenvalue weighted by atomic mass is 10.5. The van der Waals surface area contributed by atoms with E-state index >= 15 is 0 Å². The standard InChI is InChI=1S/C8H7IN4OS/c1-5-11-12-8(15)13(5)10-4-6-2-3-7(9)14-6/h2-4H,1H3,(H,12,15)/b10-4-. The van der Waals surface area contributed by atoms with E-state index in [2.05, 4.69) is 37.9 Å². The maximum absolute atomic E-state index is 5.32. The van der Waals surface area contributed by atoms with E-state index in [0.29, 0.717) is 16.4 Å². The van der Waals surface area contributed by atoms with Gasteiger partial charge in [-0.15, -0.1) is 0 Å². The van der Waals surface area contributed by atoms with Crippen molar-refractivity contribution < 1.29 is 4.42 Å². The number of aromatic nitrogens is 3. The van der Waals surface area contributed by atoms with Crippen LogP contribution in [0.1, 0.15) is 11.6 Å². The molecule has 0 saturated carbocycles. The van der Waals surface area contributed by atoms with Crippen molar-refractivity contribution in [1.29, 1.82) is 0 Å². The summed E-state index contributed by atoms with van der Waals surface area (Å²) in [6.07, 6.45) is 1.60. The Morgan fingerprint density at radius 2 is 2.47 bits per heavy atom. The Labute approximate surface area is 104 Å². The van der Waals surface area contributed by atoms with Gasteiger partial charge in [0.05, 0.1) is 6.21 Å². The average Bonchev–Trinajstić information content (AvgIpc) is 2.73. The summed E-state index contributed by atoms with van der Waals surface area (Å²) in [5, 5.41) is 10.7. The summed E-state index contributed by atoms with van der Waals surface area (Å²) in [4.78, 5) is 0. The topological polar surface area (TPSA) is 59.1 Å². The number of hydrogen-bond donors (Lipinski definition) is 1. The molecular formula is C8H7IN4OS. The van der Waals surface area contributed by atoms with E-state index in [1.165, 1.54) is 4.68 Å². The van der Waals surface area contributed by atoms with Crippen LogP contribution in [-0.2, 0) is 0 Å². The van der Waals surface area contributed by atoms with Gasteiger partial charge in [-0.1, -0.05) is 0 Å². The number of aryl methyl sites for hydroxylation is 1. The quantitative estimate of drug-likeness (QED) is 0.521. The third-order valence-electron chi connectivity index (χ3n) is 1.71. The Kier molecular flexibility index (Phi) is 3.00. The number of H-pyrrole nitrogens is 1. The molecule has 0 atom stereocenters. The van der Waals surface area contributed by atoms with Gasteiger partial charge in [0.15, 0.2) is 3.77 Å². The molecule has 7 heteroatoms. The normalized spacial score (nSPS) is 11.3. The van der Waals surface area contributed by atoms with Crippen LogP contribution in [0.15, 0.2) is 21.7 Å². The highest BCUT2D eigenvalue weighted by Crippen LogP contribution is 2.08. The molecule has 0 amide bonds. The van der Waals surface area contributed by atoms with E-state index in [4.69, 9.17) is 16.6 Å².